The van der Waals surface area contributed by atoms with Crippen molar-refractivity contribution in [1.29, 1.82) is 0 Å². The number of rotatable bonds is 5. The summed E-state index contributed by atoms with van der Waals surface area (Å²) in [5.74, 6) is 3.90. The van der Waals surface area contributed by atoms with E-state index in [9.17, 15) is 0 Å². The van der Waals surface area contributed by atoms with Crippen LogP contribution in [-0.4, -0.2) is 23.6 Å². The van der Waals surface area contributed by atoms with E-state index in [1.54, 1.807) is 0 Å². The molecule has 0 aromatic carbocycles. The van der Waals surface area contributed by atoms with Crippen LogP contribution < -0.4 is 5.32 Å². The summed E-state index contributed by atoms with van der Waals surface area (Å²) >= 11 is 2.20. The van der Waals surface area contributed by atoms with Crippen LogP contribution in [0.2, 0.25) is 0 Å². The van der Waals surface area contributed by atoms with Gasteiger partial charge in [0.2, 0.25) is 0 Å². The van der Waals surface area contributed by atoms with Gasteiger partial charge < -0.3 is 5.32 Å². The first-order valence-electron chi connectivity index (χ1n) is 6.89. The summed E-state index contributed by atoms with van der Waals surface area (Å²) in [7, 11) is 0. The van der Waals surface area contributed by atoms with E-state index in [2.05, 4.69) is 51.7 Å². The van der Waals surface area contributed by atoms with Crippen LogP contribution in [0.4, 0.5) is 0 Å². The number of nitrogens with one attached hydrogen (secondary N) is 1. The quantitative estimate of drug-likeness (QED) is 0.788. The van der Waals surface area contributed by atoms with Crippen molar-refractivity contribution in [1.82, 2.24) is 5.32 Å². The molecule has 16 heavy (non-hydrogen) atoms. The Morgan fingerprint density at radius 1 is 1.25 bits per heavy atom. The standard InChI is InChI=1S/C14H29NS/c1-6-15-13-8-11(4)7-12(5)14(13)16-9-10(2)3/h10-15H,6-9H2,1-5H3. The zero-order valence-electron chi connectivity index (χ0n) is 11.6. The fraction of sp³-hybridized carbons (Fsp3) is 1.00. The average Bonchev–Trinajstić information content (AvgIpc) is 2.16. The molecule has 1 saturated carbocycles. The summed E-state index contributed by atoms with van der Waals surface area (Å²) < 4.78 is 0. The van der Waals surface area contributed by atoms with Crippen LogP contribution in [0.5, 0.6) is 0 Å². The van der Waals surface area contributed by atoms with Crippen molar-refractivity contribution < 1.29 is 0 Å². The van der Waals surface area contributed by atoms with Crippen LogP contribution >= 0.6 is 11.8 Å². The highest BCUT2D eigenvalue weighted by Gasteiger charge is 2.33. The van der Waals surface area contributed by atoms with Gasteiger partial charge in [0.05, 0.1) is 0 Å². The fourth-order valence-corrected chi connectivity index (χ4v) is 4.36. The van der Waals surface area contributed by atoms with Gasteiger partial charge in [0.25, 0.3) is 0 Å². The van der Waals surface area contributed by atoms with Crippen LogP contribution in [0.1, 0.15) is 47.5 Å². The molecule has 0 aromatic heterocycles. The zero-order chi connectivity index (χ0) is 12.1. The largest absolute Gasteiger partial charge is 0.313 e. The molecule has 4 atom stereocenters. The maximum atomic E-state index is 3.70. The van der Waals surface area contributed by atoms with Crippen molar-refractivity contribution in [2.75, 3.05) is 12.3 Å². The van der Waals surface area contributed by atoms with Crippen LogP contribution in [0.25, 0.3) is 0 Å². The first-order chi connectivity index (χ1) is 7.54. The average molecular weight is 243 g/mol. The van der Waals surface area contributed by atoms with Gasteiger partial charge in [-0.2, -0.15) is 11.8 Å². The van der Waals surface area contributed by atoms with E-state index >= 15 is 0 Å². The SMILES string of the molecule is CCNC1CC(C)CC(C)C1SCC(C)C. The fourth-order valence-electron chi connectivity index (χ4n) is 2.87. The molecule has 1 rings (SSSR count). The van der Waals surface area contributed by atoms with Gasteiger partial charge in [-0.05, 0) is 42.9 Å². The minimum Gasteiger partial charge on any atom is -0.313 e. The third-order valence-electron chi connectivity index (χ3n) is 3.48. The first-order valence-corrected chi connectivity index (χ1v) is 7.94. The third-order valence-corrected chi connectivity index (χ3v) is 5.51. The van der Waals surface area contributed by atoms with Gasteiger partial charge in [0.15, 0.2) is 0 Å². The van der Waals surface area contributed by atoms with E-state index in [0.29, 0.717) is 0 Å². The minimum atomic E-state index is 0.743. The lowest BCUT2D eigenvalue weighted by Crippen LogP contribution is -2.46. The lowest BCUT2D eigenvalue weighted by atomic mass is 9.80. The Morgan fingerprint density at radius 2 is 1.94 bits per heavy atom. The van der Waals surface area contributed by atoms with Crippen LogP contribution in [0.3, 0.4) is 0 Å². The van der Waals surface area contributed by atoms with Crippen molar-refractivity contribution in [3.63, 3.8) is 0 Å². The van der Waals surface area contributed by atoms with Crippen molar-refractivity contribution in [2.45, 2.75) is 58.8 Å². The highest BCUT2D eigenvalue weighted by atomic mass is 32.2. The third kappa shape index (κ3) is 4.29. The molecular formula is C14H29NS. The Hall–Kier alpha value is 0.310. The molecule has 0 bridgehead atoms. The predicted octanol–water partition coefficient (Wildman–Crippen LogP) is 3.79. The Balaban J connectivity index is 2.53. The molecule has 0 spiro atoms. The number of thioether (sulfide) groups is 1. The molecule has 1 aliphatic rings. The molecule has 0 heterocycles. The molecule has 0 saturated heterocycles. The topological polar surface area (TPSA) is 12.0 Å². The van der Waals surface area contributed by atoms with E-state index in [1.165, 1.54) is 18.6 Å². The molecule has 0 amide bonds. The molecule has 2 heteroatoms. The maximum absolute atomic E-state index is 3.70. The lowest BCUT2D eigenvalue weighted by Gasteiger charge is -2.40. The van der Waals surface area contributed by atoms with E-state index < -0.39 is 0 Å². The Kier molecular flexibility index (Phi) is 6.20. The van der Waals surface area contributed by atoms with Gasteiger partial charge in [-0.1, -0.05) is 34.6 Å². The molecule has 1 nitrogen and oxygen atoms in total. The maximum Gasteiger partial charge on any atom is 0.0227 e. The summed E-state index contributed by atoms with van der Waals surface area (Å²) in [4.78, 5) is 0. The van der Waals surface area contributed by atoms with Crippen molar-refractivity contribution >= 4 is 11.8 Å². The summed E-state index contributed by atoms with van der Waals surface area (Å²) in [6.45, 7) is 12.8. The zero-order valence-corrected chi connectivity index (χ0v) is 12.4. The highest BCUT2D eigenvalue weighted by molar-refractivity contribution is 8.00. The Labute approximate surface area is 106 Å². The van der Waals surface area contributed by atoms with Crippen molar-refractivity contribution in [3.05, 3.63) is 0 Å². The van der Waals surface area contributed by atoms with E-state index in [-0.39, 0.29) is 0 Å². The smallest absolute Gasteiger partial charge is 0.0227 e. The first kappa shape index (κ1) is 14.4. The summed E-state index contributed by atoms with van der Waals surface area (Å²) in [5.41, 5.74) is 0. The van der Waals surface area contributed by atoms with Crippen LogP contribution in [0, 0.1) is 17.8 Å². The normalized spacial score (nSPS) is 35.6. The Bertz CT molecular complexity index is 193. The van der Waals surface area contributed by atoms with Gasteiger partial charge in [0.1, 0.15) is 0 Å². The van der Waals surface area contributed by atoms with Gasteiger partial charge in [-0.15, -0.1) is 0 Å². The summed E-state index contributed by atoms with van der Waals surface area (Å²) in [6, 6.07) is 0.743. The second kappa shape index (κ2) is 6.90. The van der Waals surface area contributed by atoms with Crippen LogP contribution in [-0.2, 0) is 0 Å². The number of hydrogen-bond acceptors (Lipinski definition) is 2. The van der Waals surface area contributed by atoms with Gasteiger partial charge in [-0.3, -0.25) is 0 Å². The van der Waals surface area contributed by atoms with E-state index in [0.717, 1.165) is 35.6 Å². The molecule has 4 unspecified atom stereocenters. The molecule has 0 aliphatic heterocycles. The summed E-state index contributed by atoms with van der Waals surface area (Å²) in [6.07, 6.45) is 2.78. The Morgan fingerprint density at radius 3 is 2.50 bits per heavy atom. The molecule has 96 valence electrons. The van der Waals surface area contributed by atoms with E-state index in [1.807, 2.05) is 0 Å². The molecule has 1 aliphatic carbocycles. The summed E-state index contributed by atoms with van der Waals surface area (Å²) in [5, 5.41) is 4.53. The predicted molar refractivity (Wildman–Crippen MR) is 76.1 cm³/mol. The number of hydrogen-bond donors (Lipinski definition) is 1. The monoisotopic (exact) mass is 243 g/mol. The van der Waals surface area contributed by atoms with Gasteiger partial charge in [-0.25, -0.2) is 0 Å². The molecular weight excluding hydrogens is 214 g/mol. The lowest BCUT2D eigenvalue weighted by molar-refractivity contribution is 0.251. The minimum absolute atomic E-state index is 0.743. The second-order valence-electron chi connectivity index (χ2n) is 5.91. The van der Waals surface area contributed by atoms with E-state index in [4.69, 9.17) is 0 Å². The second-order valence-corrected chi connectivity index (χ2v) is 7.12. The molecule has 0 radical (unpaired) electrons. The molecule has 1 fully saturated rings. The van der Waals surface area contributed by atoms with Crippen molar-refractivity contribution in [2.24, 2.45) is 17.8 Å². The van der Waals surface area contributed by atoms with Crippen molar-refractivity contribution in [3.8, 4) is 0 Å². The van der Waals surface area contributed by atoms with Gasteiger partial charge in [0, 0.05) is 11.3 Å². The highest BCUT2D eigenvalue weighted by Crippen LogP contribution is 2.37. The molecule has 0 aromatic rings. The van der Waals surface area contributed by atoms with Gasteiger partial charge >= 0.3 is 0 Å². The molecule has 1 N–H and O–H groups in total. The van der Waals surface area contributed by atoms with Crippen LogP contribution in [0.15, 0.2) is 0 Å².